The molecule has 0 aliphatic heterocycles. The first-order chi connectivity index (χ1) is 17.5. The molecular weight excluding hydrogens is 591 g/mol. The number of amides is 2. The molecule has 0 unspecified atom stereocenters. The number of anilines is 2. The van der Waals surface area contributed by atoms with E-state index in [2.05, 4.69) is 21.2 Å². The lowest BCUT2D eigenvalue weighted by atomic mass is 9.86. The summed E-state index contributed by atoms with van der Waals surface area (Å²) in [6, 6.07) is 12.0. The van der Waals surface area contributed by atoms with Crippen LogP contribution in [0.3, 0.4) is 0 Å². The van der Waals surface area contributed by atoms with Gasteiger partial charge in [-0.05, 0) is 46.3 Å². The largest absolute Gasteiger partial charge is 0.435 e. The Balaban J connectivity index is 1.96. The minimum Gasteiger partial charge on any atom is -0.321 e. The minimum atomic E-state index is -6.32. The van der Waals surface area contributed by atoms with Crippen molar-refractivity contribution >= 4 is 52.4 Å². The number of carbonyl (C=O) groups excluding carboxylic acids is 2. The summed E-state index contributed by atoms with van der Waals surface area (Å²) in [6.45, 7) is 0. The second kappa shape index (κ2) is 10.4. The van der Waals surface area contributed by atoms with Crippen molar-refractivity contribution < 1.29 is 44.7 Å². The standard InChI is InChI=1S/C24H16BBrF8N2O2/c1-36(21(38)12-6-3-2-4-7-12)17-9-5-8-14(18(17)27)20(37)35-19-15(25)10-13(11-16(19)26)22(28,23(29,30)31)24(32,33)34/h2-11H,25H2,1H3,(H,35,37). The van der Waals surface area contributed by atoms with Crippen molar-refractivity contribution in [3.63, 3.8) is 0 Å². The summed E-state index contributed by atoms with van der Waals surface area (Å²) >= 11 is 2.76. The molecule has 0 fully saturated rings. The molecule has 0 bridgehead atoms. The molecule has 4 nitrogen and oxygen atoms in total. The Morgan fingerprint density at radius 2 is 1.47 bits per heavy atom. The number of nitrogens with zero attached hydrogens (tertiary/aromatic N) is 1. The van der Waals surface area contributed by atoms with Crippen molar-refractivity contribution in [1.29, 1.82) is 0 Å². The molecule has 38 heavy (non-hydrogen) atoms. The van der Waals surface area contributed by atoms with Crippen LogP contribution < -0.4 is 15.7 Å². The minimum absolute atomic E-state index is 0.239. The molecule has 1 N–H and O–H groups in total. The summed E-state index contributed by atoms with van der Waals surface area (Å²) in [5, 5.41) is 2.20. The number of halogens is 9. The lowest BCUT2D eigenvalue weighted by molar-refractivity contribution is -0.348. The Kier molecular flexibility index (Phi) is 7.97. The highest BCUT2D eigenvalue weighted by Gasteiger charge is 2.73. The SMILES string of the molecule is Bc1cc(C(F)(C(F)(F)F)C(F)(F)F)cc(Br)c1NC(=O)c1cccc(N(C)C(=O)c2ccccc2)c1F. The van der Waals surface area contributed by atoms with Gasteiger partial charge in [-0.1, -0.05) is 35.8 Å². The molecule has 3 aromatic rings. The summed E-state index contributed by atoms with van der Waals surface area (Å²) in [6.07, 6.45) is -12.6. The van der Waals surface area contributed by atoms with Crippen molar-refractivity contribution in [1.82, 2.24) is 0 Å². The predicted molar refractivity (Wildman–Crippen MR) is 131 cm³/mol. The maximum Gasteiger partial charge on any atom is 0.435 e. The van der Waals surface area contributed by atoms with Crippen molar-refractivity contribution in [2.45, 2.75) is 18.0 Å². The number of benzene rings is 3. The quantitative estimate of drug-likeness (QED) is 0.301. The van der Waals surface area contributed by atoms with Gasteiger partial charge in [0.15, 0.2) is 5.82 Å². The lowest BCUT2D eigenvalue weighted by Crippen LogP contribution is -2.50. The van der Waals surface area contributed by atoms with Crippen molar-refractivity contribution in [2.75, 3.05) is 17.3 Å². The fraction of sp³-hybridized carbons (Fsp3) is 0.167. The number of hydrogen-bond acceptors (Lipinski definition) is 2. The van der Waals surface area contributed by atoms with Crippen LogP contribution in [0.1, 0.15) is 26.3 Å². The molecule has 0 saturated heterocycles. The molecule has 200 valence electrons. The second-order valence-electron chi connectivity index (χ2n) is 8.13. The van der Waals surface area contributed by atoms with Crippen LogP contribution in [0.15, 0.2) is 65.1 Å². The summed E-state index contributed by atoms with van der Waals surface area (Å²) < 4.78 is 108. The van der Waals surface area contributed by atoms with E-state index in [1.54, 1.807) is 18.2 Å². The van der Waals surface area contributed by atoms with E-state index in [4.69, 9.17) is 0 Å². The molecule has 3 rings (SSSR count). The molecule has 0 saturated carbocycles. The maximum absolute atomic E-state index is 15.3. The number of alkyl halides is 7. The summed E-state index contributed by atoms with van der Waals surface area (Å²) in [4.78, 5) is 26.5. The van der Waals surface area contributed by atoms with Crippen molar-refractivity contribution in [3.8, 4) is 0 Å². The fourth-order valence-electron chi connectivity index (χ4n) is 3.61. The molecule has 0 aliphatic rings. The molecule has 0 radical (unpaired) electrons. The maximum atomic E-state index is 15.3. The lowest BCUT2D eigenvalue weighted by Gasteiger charge is -2.31. The molecule has 0 aliphatic carbocycles. The number of carbonyl (C=O) groups is 2. The van der Waals surface area contributed by atoms with Crippen molar-refractivity contribution in [3.05, 3.63) is 87.6 Å². The average Bonchev–Trinajstić information content (AvgIpc) is 2.83. The Hall–Kier alpha value is -3.42. The second-order valence-corrected chi connectivity index (χ2v) is 8.98. The first-order valence-electron chi connectivity index (χ1n) is 10.6. The smallest absolute Gasteiger partial charge is 0.321 e. The van der Waals surface area contributed by atoms with Gasteiger partial charge < -0.3 is 10.2 Å². The third-order valence-corrected chi connectivity index (χ3v) is 6.24. The van der Waals surface area contributed by atoms with E-state index in [-0.39, 0.29) is 28.5 Å². The van der Waals surface area contributed by atoms with Crippen LogP contribution in [0.2, 0.25) is 0 Å². The normalized spacial score (nSPS) is 12.3. The van der Waals surface area contributed by atoms with Crippen LogP contribution in [-0.2, 0) is 5.67 Å². The van der Waals surface area contributed by atoms with Crippen LogP contribution >= 0.6 is 15.9 Å². The van der Waals surface area contributed by atoms with Gasteiger partial charge in [0.2, 0.25) is 0 Å². The van der Waals surface area contributed by atoms with Crippen LogP contribution in [0, 0.1) is 5.82 Å². The Labute approximate surface area is 220 Å². The highest BCUT2D eigenvalue weighted by atomic mass is 79.9. The highest BCUT2D eigenvalue weighted by Crippen LogP contribution is 2.53. The molecular formula is C24H16BBrF8N2O2. The summed E-state index contributed by atoms with van der Waals surface area (Å²) in [5.74, 6) is -2.82. The van der Waals surface area contributed by atoms with E-state index in [0.717, 1.165) is 18.8 Å². The van der Waals surface area contributed by atoms with E-state index in [9.17, 15) is 40.3 Å². The van der Waals surface area contributed by atoms with Crippen molar-refractivity contribution in [2.24, 2.45) is 0 Å². The van der Waals surface area contributed by atoms with E-state index < -0.39 is 51.3 Å². The zero-order valence-electron chi connectivity index (χ0n) is 19.4. The first-order valence-corrected chi connectivity index (χ1v) is 11.4. The summed E-state index contributed by atoms with van der Waals surface area (Å²) in [7, 11) is 2.32. The summed E-state index contributed by atoms with van der Waals surface area (Å²) in [5.41, 5.74) is -8.72. The number of rotatable bonds is 5. The highest BCUT2D eigenvalue weighted by molar-refractivity contribution is 9.10. The molecule has 0 spiro atoms. The zero-order chi connectivity index (χ0) is 28.6. The van der Waals surface area contributed by atoms with E-state index in [0.29, 0.717) is 6.07 Å². The molecule has 0 aromatic heterocycles. The monoisotopic (exact) mass is 606 g/mol. The first kappa shape index (κ1) is 29.1. The third-order valence-electron chi connectivity index (χ3n) is 5.61. The van der Waals surface area contributed by atoms with Gasteiger partial charge >= 0.3 is 18.0 Å². The van der Waals surface area contributed by atoms with Gasteiger partial charge in [0.05, 0.1) is 11.3 Å². The Morgan fingerprint density at radius 1 is 0.895 bits per heavy atom. The van der Waals surface area contributed by atoms with Crippen LogP contribution in [-0.4, -0.2) is 39.1 Å². The van der Waals surface area contributed by atoms with Gasteiger partial charge in [-0.15, -0.1) is 0 Å². The van der Waals surface area contributed by atoms with Gasteiger partial charge in [0.1, 0.15) is 7.85 Å². The molecule has 2 amide bonds. The van der Waals surface area contributed by atoms with Gasteiger partial charge in [-0.25, -0.2) is 8.78 Å². The van der Waals surface area contributed by atoms with Crippen LogP contribution in [0.4, 0.5) is 46.5 Å². The topological polar surface area (TPSA) is 49.4 Å². The van der Waals surface area contributed by atoms with E-state index >= 15 is 4.39 Å². The van der Waals surface area contributed by atoms with E-state index in [1.807, 2.05) is 0 Å². The van der Waals surface area contributed by atoms with E-state index in [1.165, 1.54) is 31.3 Å². The van der Waals surface area contributed by atoms with Gasteiger partial charge in [-0.2, -0.15) is 26.3 Å². The van der Waals surface area contributed by atoms with Crippen LogP contribution in [0.5, 0.6) is 0 Å². The van der Waals surface area contributed by atoms with Gasteiger partial charge in [0.25, 0.3) is 11.8 Å². The third kappa shape index (κ3) is 5.26. The predicted octanol–water partition coefficient (Wildman–Crippen LogP) is 5.66. The van der Waals surface area contributed by atoms with Gasteiger partial charge in [-0.3, -0.25) is 9.59 Å². The fourth-order valence-corrected chi connectivity index (χ4v) is 4.27. The van der Waals surface area contributed by atoms with Crippen LogP contribution in [0.25, 0.3) is 0 Å². The molecule has 0 heterocycles. The Morgan fingerprint density at radius 3 is 2.00 bits per heavy atom. The average molecular weight is 607 g/mol. The zero-order valence-corrected chi connectivity index (χ0v) is 21.0. The number of hydrogen-bond donors (Lipinski definition) is 1. The molecule has 0 atom stereocenters. The molecule has 14 heteroatoms. The van der Waals surface area contributed by atoms with Gasteiger partial charge in [0, 0.05) is 28.3 Å². The molecule has 3 aromatic carbocycles. The number of nitrogens with one attached hydrogen (secondary N) is 1. The Bertz CT molecular complexity index is 1340.